The van der Waals surface area contributed by atoms with Crippen molar-refractivity contribution < 1.29 is 4.79 Å². The molecule has 5 heterocycles. The topological polar surface area (TPSA) is 44.7 Å². The second-order valence-corrected chi connectivity index (χ2v) is 9.14. The molecule has 26 heavy (non-hydrogen) atoms. The molecule has 144 valence electrons. The zero-order valence-corrected chi connectivity index (χ0v) is 17.3. The van der Waals surface area contributed by atoms with Gasteiger partial charge in [-0.2, -0.15) is 0 Å². The lowest BCUT2D eigenvalue weighted by Crippen LogP contribution is -2.58. The Balaban J connectivity index is 0.000000980. The summed E-state index contributed by atoms with van der Waals surface area (Å²) in [6.45, 7) is 4.36. The monoisotopic (exact) mass is 415 g/mol. The molecule has 1 aliphatic carbocycles. The molecule has 0 aromatic carbocycles. The smallest absolute Gasteiger partial charge is 0.224 e. The quantitative estimate of drug-likeness (QED) is 0.753. The van der Waals surface area contributed by atoms with Gasteiger partial charge < -0.3 is 10.2 Å². The second kappa shape index (κ2) is 7.86. The van der Waals surface area contributed by atoms with Gasteiger partial charge in [0.25, 0.3) is 0 Å². The lowest BCUT2D eigenvalue weighted by atomic mass is 9.73. The first-order valence-corrected chi connectivity index (χ1v) is 10.3. The summed E-state index contributed by atoms with van der Waals surface area (Å²) in [6.07, 6.45) is 12.2. The van der Waals surface area contributed by atoms with Crippen LogP contribution in [0, 0.1) is 17.8 Å². The second-order valence-electron chi connectivity index (χ2n) is 7.84. The summed E-state index contributed by atoms with van der Waals surface area (Å²) in [6, 6.07) is 0.375. The van der Waals surface area contributed by atoms with Crippen molar-refractivity contribution in [3.63, 3.8) is 0 Å². The average Bonchev–Trinajstić information content (AvgIpc) is 3.01. The van der Waals surface area contributed by atoms with Crippen LogP contribution in [0.5, 0.6) is 0 Å². The van der Waals surface area contributed by atoms with Crippen LogP contribution in [0.2, 0.25) is 0 Å². The fourth-order valence-corrected chi connectivity index (χ4v) is 7.13. The van der Waals surface area contributed by atoms with E-state index in [-0.39, 0.29) is 35.5 Å². The molecule has 4 saturated heterocycles. The number of amides is 1. The summed E-state index contributed by atoms with van der Waals surface area (Å²) in [5.74, 6) is 2.45. The number of nitrogens with one attached hydrogen (secondary N) is 1. The number of allylic oxidation sites excluding steroid dienone is 3. The number of hydrogen-bond donors (Lipinski definition) is 1. The highest BCUT2D eigenvalue weighted by Gasteiger charge is 2.54. The maximum Gasteiger partial charge on any atom is 0.224 e. The van der Waals surface area contributed by atoms with E-state index in [0.29, 0.717) is 23.8 Å². The summed E-state index contributed by atoms with van der Waals surface area (Å²) in [5, 5.41) is 3.44. The minimum Gasteiger partial charge on any atom is -0.352 e. The maximum atomic E-state index is 13.1. The van der Waals surface area contributed by atoms with Gasteiger partial charge >= 0.3 is 0 Å². The summed E-state index contributed by atoms with van der Waals surface area (Å²) in [7, 11) is 0. The van der Waals surface area contributed by atoms with Gasteiger partial charge in [-0.3, -0.25) is 9.79 Å². The number of halogens is 2. The third-order valence-corrected chi connectivity index (χ3v) is 8.34. The van der Waals surface area contributed by atoms with Crippen LogP contribution in [-0.4, -0.2) is 59.2 Å². The van der Waals surface area contributed by atoms with Gasteiger partial charge in [-0.15, -0.1) is 36.6 Å². The Hall–Kier alpha value is -0.490. The van der Waals surface area contributed by atoms with E-state index in [1.54, 1.807) is 0 Å². The Morgan fingerprint density at radius 3 is 2.77 bits per heavy atom. The van der Waals surface area contributed by atoms with E-state index in [2.05, 4.69) is 34.5 Å². The van der Waals surface area contributed by atoms with Gasteiger partial charge in [0.2, 0.25) is 5.91 Å². The minimum atomic E-state index is -0.0376. The van der Waals surface area contributed by atoms with E-state index in [1.807, 2.05) is 11.8 Å². The van der Waals surface area contributed by atoms with Crippen LogP contribution in [0.1, 0.15) is 19.3 Å². The third kappa shape index (κ3) is 3.15. The van der Waals surface area contributed by atoms with Gasteiger partial charge in [0.15, 0.2) is 0 Å². The maximum absolute atomic E-state index is 13.1. The summed E-state index contributed by atoms with van der Waals surface area (Å²) >= 11 is 1.93. The number of aliphatic imine (C=N–C) groups is 1. The minimum absolute atomic E-state index is 0. The molecule has 1 spiro atoms. The predicted octanol–water partition coefficient (Wildman–Crippen LogP) is 2.73. The number of piperidine rings is 3. The summed E-state index contributed by atoms with van der Waals surface area (Å²) in [5.41, 5.74) is 1.18. The van der Waals surface area contributed by atoms with Crippen molar-refractivity contribution in [1.29, 1.82) is 0 Å². The molecule has 0 saturated carbocycles. The predicted molar refractivity (Wildman–Crippen MR) is 113 cm³/mol. The highest BCUT2D eigenvalue weighted by molar-refractivity contribution is 8.02. The number of carbonyl (C=O) groups excluding carboxylic acids is 1. The average molecular weight is 416 g/mol. The molecule has 4 fully saturated rings. The van der Waals surface area contributed by atoms with E-state index in [0.717, 1.165) is 25.3 Å². The van der Waals surface area contributed by atoms with Gasteiger partial charge in [-0.25, -0.2) is 0 Å². The fraction of sp³-hybridized carbons (Fsp3) is 0.684. The van der Waals surface area contributed by atoms with Gasteiger partial charge in [0.1, 0.15) is 0 Å². The normalized spacial score (nSPS) is 42.0. The molecule has 2 bridgehead atoms. The standard InChI is InChI=1S/C19H25N3OS.2ClH/c23-18(21-16-11-22-9-5-13(16)6-10-22)14-12-24-19-7-2-1-3-17(19)20-8-4-15(14)19;;/h1-3,7,13-16H,4-6,8-12H2,(H,21,23);2*1H. The van der Waals surface area contributed by atoms with Crippen molar-refractivity contribution in [2.45, 2.75) is 30.1 Å². The lowest BCUT2D eigenvalue weighted by molar-refractivity contribution is -0.127. The van der Waals surface area contributed by atoms with Crippen molar-refractivity contribution in [1.82, 2.24) is 10.2 Å². The highest BCUT2D eigenvalue weighted by Crippen LogP contribution is 2.52. The molecule has 0 radical (unpaired) electrons. The number of rotatable bonds is 2. The van der Waals surface area contributed by atoms with E-state index in [1.165, 1.54) is 31.6 Å². The Morgan fingerprint density at radius 1 is 1.23 bits per heavy atom. The SMILES string of the molecule is Cl.Cl.O=C(NC1CN2CCC1CC2)C1CSC23C=CC=CC2=NCCC13. The van der Waals surface area contributed by atoms with Crippen molar-refractivity contribution in [3.8, 4) is 0 Å². The Morgan fingerprint density at radius 2 is 2.04 bits per heavy atom. The fourth-order valence-electron chi connectivity index (χ4n) is 5.34. The van der Waals surface area contributed by atoms with Crippen LogP contribution in [-0.2, 0) is 4.79 Å². The van der Waals surface area contributed by atoms with Crippen LogP contribution < -0.4 is 5.32 Å². The number of nitrogens with zero attached hydrogens (tertiary/aromatic N) is 2. The molecule has 7 heteroatoms. The zero-order valence-electron chi connectivity index (χ0n) is 14.8. The van der Waals surface area contributed by atoms with Crippen LogP contribution in [0.15, 0.2) is 29.3 Å². The first-order valence-electron chi connectivity index (χ1n) is 9.34. The van der Waals surface area contributed by atoms with Crippen molar-refractivity contribution >= 4 is 48.2 Å². The van der Waals surface area contributed by atoms with E-state index in [9.17, 15) is 4.79 Å². The van der Waals surface area contributed by atoms with Crippen molar-refractivity contribution in [2.24, 2.45) is 22.7 Å². The Kier molecular flexibility index (Phi) is 6.12. The molecule has 6 rings (SSSR count). The number of carbonyl (C=O) groups is 1. The third-order valence-electron chi connectivity index (χ3n) is 6.69. The van der Waals surface area contributed by atoms with Gasteiger partial charge in [0.05, 0.1) is 16.4 Å². The first kappa shape index (κ1) is 20.2. The molecule has 1 amide bonds. The van der Waals surface area contributed by atoms with Crippen molar-refractivity contribution in [3.05, 3.63) is 24.3 Å². The molecule has 4 unspecified atom stereocenters. The van der Waals surface area contributed by atoms with Crippen LogP contribution >= 0.6 is 36.6 Å². The summed E-state index contributed by atoms with van der Waals surface area (Å²) < 4.78 is -0.0376. The van der Waals surface area contributed by atoms with Crippen molar-refractivity contribution in [2.75, 3.05) is 31.9 Å². The Labute approximate surface area is 172 Å². The van der Waals surface area contributed by atoms with Crippen LogP contribution in [0.25, 0.3) is 0 Å². The van der Waals surface area contributed by atoms with Gasteiger partial charge in [-0.1, -0.05) is 18.2 Å². The van der Waals surface area contributed by atoms with Gasteiger partial charge in [-0.05, 0) is 50.3 Å². The zero-order chi connectivity index (χ0) is 16.1. The molecule has 0 aromatic heterocycles. The molecular weight excluding hydrogens is 389 g/mol. The first-order chi connectivity index (χ1) is 11.8. The van der Waals surface area contributed by atoms with E-state index < -0.39 is 0 Å². The van der Waals surface area contributed by atoms with E-state index >= 15 is 0 Å². The largest absolute Gasteiger partial charge is 0.352 e. The molecular formula is C19H27Cl2N3OS. The van der Waals surface area contributed by atoms with Crippen LogP contribution in [0.4, 0.5) is 0 Å². The highest BCUT2D eigenvalue weighted by atomic mass is 35.5. The van der Waals surface area contributed by atoms with Gasteiger partial charge in [0, 0.05) is 24.9 Å². The number of hydrogen-bond acceptors (Lipinski definition) is 4. The Bertz CT molecular complexity index is 645. The molecule has 4 atom stereocenters. The molecule has 0 aromatic rings. The lowest BCUT2D eigenvalue weighted by Gasteiger charge is -2.45. The molecule has 1 N–H and O–H groups in total. The molecule has 5 aliphatic heterocycles. The summed E-state index contributed by atoms with van der Waals surface area (Å²) in [4.78, 5) is 20.3. The van der Waals surface area contributed by atoms with E-state index in [4.69, 9.17) is 4.99 Å². The number of thioether (sulfide) groups is 1. The molecule has 6 aliphatic rings. The van der Waals surface area contributed by atoms with Crippen LogP contribution in [0.3, 0.4) is 0 Å². The molecule has 4 nitrogen and oxygen atoms in total. The number of fused-ring (bicyclic) bond motifs is 3.